The summed E-state index contributed by atoms with van der Waals surface area (Å²) in [6, 6.07) is 0. The smallest absolute Gasteiger partial charge is 0.226 e. The van der Waals surface area contributed by atoms with Gasteiger partial charge >= 0.3 is 0 Å². The lowest BCUT2D eigenvalue weighted by molar-refractivity contribution is -0.115. The minimum absolute atomic E-state index is 0.102. The fraction of sp³-hybridized carbons (Fsp3) is 0.167. The first-order valence-corrected chi connectivity index (χ1v) is 3.69. The van der Waals surface area contributed by atoms with Crippen LogP contribution >= 0.6 is 11.3 Å². The molecule has 53 valence electrons. The molecular formula is C6H7N2OS. The molecule has 0 aliphatic rings. The third-order valence-electron chi connectivity index (χ3n) is 0.906. The summed E-state index contributed by atoms with van der Waals surface area (Å²) >= 11 is 1.40. The van der Waals surface area contributed by atoms with Crippen LogP contribution in [0.15, 0.2) is 11.6 Å². The van der Waals surface area contributed by atoms with E-state index in [4.69, 9.17) is 0 Å². The first-order chi connectivity index (χ1) is 4.83. The van der Waals surface area contributed by atoms with Crippen molar-refractivity contribution in [1.29, 1.82) is 0 Å². The van der Waals surface area contributed by atoms with Gasteiger partial charge in [0.2, 0.25) is 5.91 Å². The molecule has 0 bridgehead atoms. The van der Waals surface area contributed by atoms with Crippen LogP contribution in [0.3, 0.4) is 0 Å². The van der Waals surface area contributed by atoms with Crippen molar-refractivity contribution < 1.29 is 4.79 Å². The van der Waals surface area contributed by atoms with Crippen molar-refractivity contribution >= 4 is 22.4 Å². The third kappa shape index (κ3) is 1.80. The summed E-state index contributed by atoms with van der Waals surface area (Å²) in [5.41, 5.74) is 0. The molecule has 0 aliphatic carbocycles. The fourth-order valence-electron chi connectivity index (χ4n) is 0.467. The lowest BCUT2D eigenvalue weighted by Crippen LogP contribution is -2.08. The Morgan fingerprint density at radius 3 is 3.20 bits per heavy atom. The number of carbonyl (C=O) groups excluding carboxylic acids is 1. The van der Waals surface area contributed by atoms with Gasteiger partial charge in [-0.15, -0.1) is 11.3 Å². The molecule has 1 rings (SSSR count). The van der Waals surface area contributed by atoms with Gasteiger partial charge in [-0.05, 0) is 6.92 Å². The zero-order valence-electron chi connectivity index (χ0n) is 5.33. The number of thiazole rings is 1. The Bertz CT molecular complexity index is 208. The van der Waals surface area contributed by atoms with E-state index in [9.17, 15) is 4.79 Å². The molecule has 4 heteroatoms. The number of nitrogens with one attached hydrogen (secondary N) is 1. The summed E-state index contributed by atoms with van der Waals surface area (Å²) < 4.78 is 0. The van der Waals surface area contributed by atoms with Crippen LogP contribution in [0.25, 0.3) is 0 Å². The molecule has 1 aromatic rings. The van der Waals surface area contributed by atoms with Crippen molar-refractivity contribution in [2.24, 2.45) is 0 Å². The highest BCUT2D eigenvalue weighted by Gasteiger charge is 1.98. The second-order valence-corrected chi connectivity index (χ2v) is 2.53. The number of amides is 1. The van der Waals surface area contributed by atoms with Crippen LogP contribution < -0.4 is 5.32 Å². The van der Waals surface area contributed by atoms with Crippen LogP contribution in [0.2, 0.25) is 0 Å². The summed E-state index contributed by atoms with van der Waals surface area (Å²) in [6.07, 6.45) is 1.89. The maximum Gasteiger partial charge on any atom is 0.226 e. The SMILES string of the molecule is [CH2]CC(=O)Nc1nccs1. The molecule has 1 radical (unpaired) electrons. The first kappa shape index (κ1) is 7.21. The Hall–Kier alpha value is -0.900. The largest absolute Gasteiger partial charge is 0.302 e. The highest BCUT2D eigenvalue weighted by molar-refractivity contribution is 7.13. The van der Waals surface area contributed by atoms with Gasteiger partial charge < -0.3 is 5.32 Å². The van der Waals surface area contributed by atoms with Gasteiger partial charge in [-0.2, -0.15) is 0 Å². The molecule has 1 amide bonds. The van der Waals surface area contributed by atoms with E-state index in [1.54, 1.807) is 11.6 Å². The van der Waals surface area contributed by atoms with Crippen molar-refractivity contribution in [3.8, 4) is 0 Å². The number of anilines is 1. The van der Waals surface area contributed by atoms with Gasteiger partial charge in [0.25, 0.3) is 0 Å². The van der Waals surface area contributed by atoms with Gasteiger partial charge in [-0.1, -0.05) is 0 Å². The van der Waals surface area contributed by atoms with Gasteiger partial charge in [0.1, 0.15) is 0 Å². The third-order valence-corrected chi connectivity index (χ3v) is 1.59. The van der Waals surface area contributed by atoms with Crippen molar-refractivity contribution in [1.82, 2.24) is 4.98 Å². The predicted molar refractivity (Wildman–Crippen MR) is 40.7 cm³/mol. The number of hydrogen-bond donors (Lipinski definition) is 1. The van der Waals surface area contributed by atoms with E-state index < -0.39 is 0 Å². The summed E-state index contributed by atoms with van der Waals surface area (Å²) in [6.45, 7) is 3.43. The zero-order valence-corrected chi connectivity index (χ0v) is 6.15. The molecule has 0 saturated heterocycles. The summed E-state index contributed by atoms with van der Waals surface area (Å²) in [5.74, 6) is -0.102. The molecule has 1 N–H and O–H groups in total. The van der Waals surface area contributed by atoms with Gasteiger partial charge in [0.15, 0.2) is 5.13 Å². The zero-order chi connectivity index (χ0) is 7.40. The highest BCUT2D eigenvalue weighted by Crippen LogP contribution is 2.09. The Morgan fingerprint density at radius 1 is 1.90 bits per heavy atom. The molecule has 10 heavy (non-hydrogen) atoms. The predicted octanol–water partition coefficient (Wildman–Crippen LogP) is 1.31. The second-order valence-electron chi connectivity index (χ2n) is 1.64. The first-order valence-electron chi connectivity index (χ1n) is 2.81. The number of rotatable bonds is 2. The average molecular weight is 155 g/mol. The molecule has 0 unspecified atom stereocenters. The summed E-state index contributed by atoms with van der Waals surface area (Å²) in [7, 11) is 0. The van der Waals surface area contributed by atoms with E-state index in [0.717, 1.165) is 0 Å². The van der Waals surface area contributed by atoms with Crippen LogP contribution in [0.1, 0.15) is 6.42 Å². The monoisotopic (exact) mass is 155 g/mol. The standard InChI is InChI=1S/C6H7N2OS/c1-2-5(9)8-6-7-3-4-10-6/h3-4H,1-2H2,(H,7,8,9). The van der Waals surface area contributed by atoms with Crippen molar-refractivity contribution in [3.05, 3.63) is 18.5 Å². The van der Waals surface area contributed by atoms with Gasteiger partial charge in [-0.3, -0.25) is 4.79 Å². The van der Waals surface area contributed by atoms with E-state index in [-0.39, 0.29) is 12.3 Å². The van der Waals surface area contributed by atoms with E-state index >= 15 is 0 Å². The topological polar surface area (TPSA) is 42.0 Å². The molecule has 0 aliphatic heterocycles. The molecule has 3 nitrogen and oxygen atoms in total. The fourth-order valence-corrected chi connectivity index (χ4v) is 1.01. The van der Waals surface area contributed by atoms with Gasteiger partial charge in [0, 0.05) is 18.0 Å². The number of aromatic nitrogens is 1. The minimum atomic E-state index is -0.102. The van der Waals surface area contributed by atoms with Gasteiger partial charge in [-0.25, -0.2) is 4.98 Å². The quantitative estimate of drug-likeness (QED) is 0.699. The lowest BCUT2D eigenvalue weighted by atomic mass is 10.5. The normalized spacial score (nSPS) is 9.30. The maximum absolute atomic E-state index is 10.7. The van der Waals surface area contributed by atoms with Crippen LogP contribution in [0, 0.1) is 6.92 Å². The molecule has 1 aromatic heterocycles. The molecule has 0 fully saturated rings. The second kappa shape index (κ2) is 3.31. The average Bonchev–Trinajstić information content (AvgIpc) is 2.40. The Labute approximate surface area is 63.1 Å². The number of carbonyl (C=O) groups is 1. The Morgan fingerprint density at radius 2 is 2.70 bits per heavy atom. The molecule has 0 aromatic carbocycles. The van der Waals surface area contributed by atoms with Gasteiger partial charge in [0.05, 0.1) is 0 Å². The molecular weight excluding hydrogens is 148 g/mol. The highest BCUT2D eigenvalue weighted by atomic mass is 32.1. The van der Waals surface area contributed by atoms with Crippen LogP contribution in [0.5, 0.6) is 0 Å². The minimum Gasteiger partial charge on any atom is -0.302 e. The van der Waals surface area contributed by atoms with Crippen molar-refractivity contribution in [2.45, 2.75) is 6.42 Å². The molecule has 0 spiro atoms. The van der Waals surface area contributed by atoms with E-state index in [1.165, 1.54) is 11.3 Å². The molecule has 0 atom stereocenters. The summed E-state index contributed by atoms with van der Waals surface area (Å²) in [5, 5.41) is 5.01. The lowest BCUT2D eigenvalue weighted by Gasteiger charge is -1.94. The number of nitrogens with zero attached hydrogens (tertiary/aromatic N) is 1. The van der Waals surface area contributed by atoms with Crippen LogP contribution in [0.4, 0.5) is 5.13 Å². The van der Waals surface area contributed by atoms with Crippen molar-refractivity contribution in [3.63, 3.8) is 0 Å². The van der Waals surface area contributed by atoms with E-state index in [1.807, 2.05) is 0 Å². The van der Waals surface area contributed by atoms with Crippen molar-refractivity contribution in [2.75, 3.05) is 5.32 Å². The van der Waals surface area contributed by atoms with Crippen LogP contribution in [-0.4, -0.2) is 10.9 Å². The summed E-state index contributed by atoms with van der Waals surface area (Å²) in [4.78, 5) is 14.5. The molecule has 0 saturated carbocycles. The molecule has 1 heterocycles. The maximum atomic E-state index is 10.7. The van der Waals surface area contributed by atoms with E-state index in [2.05, 4.69) is 17.2 Å². The van der Waals surface area contributed by atoms with E-state index in [0.29, 0.717) is 5.13 Å². The Balaban J connectivity index is 2.48. The number of hydrogen-bond acceptors (Lipinski definition) is 3. The Kier molecular flexibility index (Phi) is 2.39. The van der Waals surface area contributed by atoms with Crippen LogP contribution in [-0.2, 0) is 4.79 Å².